The molecule has 14 rings (SSSR count). The predicted molar refractivity (Wildman–Crippen MR) is 374 cm³/mol. The molecule has 4 aromatic carbocycles. The molecular formula is C80H88O18. The van der Waals surface area contributed by atoms with Gasteiger partial charge in [-0.3, -0.25) is 0 Å². The summed E-state index contributed by atoms with van der Waals surface area (Å²) in [5.74, 6) is 1.11. The quantitative estimate of drug-likeness (QED) is 0.0313. The van der Waals surface area contributed by atoms with Crippen LogP contribution in [0.1, 0.15) is 146 Å². The van der Waals surface area contributed by atoms with E-state index in [1.165, 1.54) is 23.3 Å². The Hall–Kier alpha value is -8.62. The molecule has 4 saturated heterocycles. The maximum absolute atomic E-state index is 11.6. The zero-order chi connectivity index (χ0) is 68.8. The van der Waals surface area contributed by atoms with E-state index in [9.17, 15) is 9.59 Å². The van der Waals surface area contributed by atoms with Crippen LogP contribution in [0.2, 0.25) is 0 Å². The maximum Gasteiger partial charge on any atom is 0.350 e. The third-order valence-corrected chi connectivity index (χ3v) is 19.2. The van der Waals surface area contributed by atoms with Crippen LogP contribution in [0.4, 0.5) is 0 Å². The van der Waals surface area contributed by atoms with Gasteiger partial charge in [0.1, 0.15) is 83.3 Å². The van der Waals surface area contributed by atoms with Crippen LogP contribution < -0.4 is 39.7 Å². The number of hydrogen-bond donors (Lipinski definition) is 0. The van der Waals surface area contributed by atoms with Crippen molar-refractivity contribution in [2.24, 2.45) is 0 Å². The van der Waals surface area contributed by atoms with Crippen LogP contribution in [0.5, 0.6) is 34.5 Å². The number of rotatable bonds is 24. The molecule has 10 heterocycles. The summed E-state index contributed by atoms with van der Waals surface area (Å²) in [4.78, 5) is 23.1. The van der Waals surface area contributed by atoms with Crippen LogP contribution in [0.3, 0.4) is 0 Å². The number of furan rings is 2. The van der Waals surface area contributed by atoms with E-state index in [-0.39, 0.29) is 34.7 Å². The molecule has 18 heteroatoms. The Balaban J connectivity index is 0.000000176. The molecule has 18 nitrogen and oxygen atoms in total. The number of ether oxygens (including phenoxy) is 12. The zero-order valence-electron chi connectivity index (χ0n) is 58.0. The smallest absolute Gasteiger partial charge is 0.350 e. The van der Waals surface area contributed by atoms with E-state index in [0.29, 0.717) is 95.5 Å². The molecule has 0 N–H and O–H groups in total. The summed E-state index contributed by atoms with van der Waals surface area (Å²) in [7, 11) is 0. The molecule has 0 aliphatic carbocycles. The second-order valence-corrected chi connectivity index (χ2v) is 28.5. The van der Waals surface area contributed by atoms with Crippen LogP contribution in [-0.4, -0.2) is 85.2 Å². The van der Waals surface area contributed by atoms with Crippen LogP contribution in [0.15, 0.2) is 183 Å². The number of hydrogen-bond acceptors (Lipinski definition) is 18. The Morgan fingerprint density at radius 1 is 0.418 bits per heavy atom. The van der Waals surface area contributed by atoms with E-state index < -0.39 is 23.1 Å². The molecule has 4 aromatic heterocycles. The number of epoxide rings is 2. The second-order valence-electron chi connectivity index (χ2n) is 28.5. The highest BCUT2D eigenvalue weighted by Crippen LogP contribution is 2.51. The van der Waals surface area contributed by atoms with Crippen molar-refractivity contribution in [2.75, 3.05) is 26.4 Å². The van der Waals surface area contributed by atoms with Gasteiger partial charge in [0.05, 0.1) is 81.2 Å². The number of allylic oxidation sites excluding steroid dienone is 4. The molecule has 516 valence electrons. The normalized spacial score (nSPS) is 24.0. The van der Waals surface area contributed by atoms with Crippen LogP contribution in [0, 0.1) is 0 Å². The van der Waals surface area contributed by atoms with Crippen molar-refractivity contribution in [1.29, 1.82) is 0 Å². The fourth-order valence-electron chi connectivity index (χ4n) is 13.0. The Kier molecular flexibility index (Phi) is 18.9. The van der Waals surface area contributed by atoms with E-state index in [0.717, 1.165) is 95.2 Å². The summed E-state index contributed by atoms with van der Waals surface area (Å²) >= 11 is 0. The first kappa shape index (κ1) is 67.9. The Labute approximate surface area is 570 Å². The molecule has 0 amide bonds. The van der Waals surface area contributed by atoms with Gasteiger partial charge in [0.2, 0.25) is 0 Å². The van der Waals surface area contributed by atoms with Gasteiger partial charge in [-0.25, -0.2) is 9.59 Å². The molecule has 6 aliphatic heterocycles. The lowest BCUT2D eigenvalue weighted by Gasteiger charge is -2.30. The van der Waals surface area contributed by atoms with Gasteiger partial charge in [-0.15, -0.1) is 0 Å². The third kappa shape index (κ3) is 15.5. The fourth-order valence-corrected chi connectivity index (χ4v) is 13.0. The lowest BCUT2D eigenvalue weighted by molar-refractivity contribution is -0.271. The summed E-state index contributed by atoms with van der Waals surface area (Å²) in [5, 5.41) is 3.46. The van der Waals surface area contributed by atoms with E-state index in [1.807, 2.05) is 113 Å². The highest BCUT2D eigenvalue weighted by Gasteiger charge is 2.56. The molecular weight excluding hydrogens is 1250 g/mol. The van der Waals surface area contributed by atoms with Gasteiger partial charge in [0.25, 0.3) is 0 Å². The molecule has 8 aromatic rings. The SMILES string of the molecule is C/C(=C\COc1c2c(cc3occc13)O[C@@]1(C=C2)O[C@H](CC/C(C)=C/COc2ccc3ccc(=O)oc3c2)C(C)(C)O1)CCC1OC1(C)C.C/C(=C\COc1c2c(cc3occc13)O[C@]1(C=C2)O[C@H](CC/C(C)=C/COc2ccc3ccc(=O)oc3c2)C(C)(C)O1)CCC1OC1(C)C. The average Bonchev–Trinajstić information content (AvgIpc) is 1.53. The van der Waals surface area contributed by atoms with Crippen molar-refractivity contribution in [2.45, 2.75) is 193 Å². The molecule has 4 fully saturated rings. The van der Waals surface area contributed by atoms with Crippen molar-refractivity contribution in [3.8, 4) is 34.5 Å². The van der Waals surface area contributed by atoms with Crippen molar-refractivity contribution in [3.63, 3.8) is 0 Å². The van der Waals surface area contributed by atoms with Gasteiger partial charge < -0.3 is 74.5 Å². The Morgan fingerprint density at radius 2 is 0.765 bits per heavy atom. The lowest BCUT2D eigenvalue weighted by atomic mass is 9.96. The maximum atomic E-state index is 11.6. The minimum atomic E-state index is -1.36. The van der Waals surface area contributed by atoms with Gasteiger partial charge in [-0.2, -0.15) is 0 Å². The molecule has 0 bridgehead atoms. The van der Waals surface area contributed by atoms with Gasteiger partial charge in [0.15, 0.2) is 0 Å². The zero-order valence-corrected chi connectivity index (χ0v) is 58.0. The van der Waals surface area contributed by atoms with Crippen molar-refractivity contribution < 1.29 is 74.5 Å². The van der Waals surface area contributed by atoms with E-state index in [2.05, 4.69) is 67.5 Å². The average molecular weight is 1340 g/mol. The molecule has 2 spiro atoms. The molecule has 6 atom stereocenters. The summed E-state index contributed by atoms with van der Waals surface area (Å²) in [6.07, 6.45) is 26.4. The van der Waals surface area contributed by atoms with Crippen molar-refractivity contribution >= 4 is 56.0 Å². The largest absolute Gasteiger partial charge is 0.489 e. The van der Waals surface area contributed by atoms with Gasteiger partial charge in [-0.1, -0.05) is 22.3 Å². The minimum absolute atomic E-state index is 0.00721. The Bertz CT molecular complexity index is 4310. The second kappa shape index (κ2) is 27.2. The number of fused-ring (bicyclic) bond motifs is 6. The van der Waals surface area contributed by atoms with Crippen LogP contribution in [-0.2, 0) is 28.4 Å². The van der Waals surface area contributed by atoms with Gasteiger partial charge >= 0.3 is 23.2 Å². The molecule has 6 aliphatic rings. The minimum Gasteiger partial charge on any atom is -0.489 e. The first-order chi connectivity index (χ1) is 46.8. The van der Waals surface area contributed by atoms with E-state index in [4.69, 9.17) is 74.5 Å². The van der Waals surface area contributed by atoms with Gasteiger partial charge in [0, 0.05) is 59.3 Å². The molecule has 0 saturated carbocycles. The highest BCUT2D eigenvalue weighted by atomic mass is 16.9. The number of benzene rings is 4. The molecule has 0 radical (unpaired) electrons. The first-order valence-electron chi connectivity index (χ1n) is 34.0. The Morgan fingerprint density at radius 3 is 1.13 bits per heavy atom. The first-order valence-corrected chi connectivity index (χ1v) is 34.0. The monoisotopic (exact) mass is 1340 g/mol. The summed E-state index contributed by atoms with van der Waals surface area (Å²) in [6.45, 7) is 26.7. The van der Waals surface area contributed by atoms with E-state index >= 15 is 0 Å². The fraction of sp³-hybridized carbons (Fsp3) is 0.425. The van der Waals surface area contributed by atoms with Crippen molar-refractivity contribution in [3.05, 3.63) is 188 Å². The summed E-state index contributed by atoms with van der Waals surface area (Å²) < 4.78 is 97.1. The molecule has 98 heavy (non-hydrogen) atoms. The van der Waals surface area contributed by atoms with Crippen LogP contribution >= 0.6 is 0 Å². The van der Waals surface area contributed by atoms with Crippen LogP contribution in [0.25, 0.3) is 56.0 Å². The highest BCUT2D eigenvalue weighted by molar-refractivity contribution is 5.93. The summed E-state index contributed by atoms with van der Waals surface area (Å²) in [5.41, 5.74) is 6.86. The van der Waals surface area contributed by atoms with Crippen molar-refractivity contribution in [1.82, 2.24) is 0 Å². The lowest BCUT2D eigenvalue weighted by Crippen LogP contribution is -2.39. The predicted octanol–water partition coefficient (Wildman–Crippen LogP) is 17.8. The topological polar surface area (TPSA) is 204 Å². The van der Waals surface area contributed by atoms with E-state index in [1.54, 1.807) is 36.8 Å². The standard InChI is InChI=1S/2C40H44O9/c2*1-25(16-20-42-28-11-9-27-10-14-36(41)45-31(27)23-28)8-13-35-39(5,6)49-40(48-35)19-15-29-33(46-40)24-32-30(18-22-43-32)37(29)44-21-17-26(2)7-12-34-38(3,4)47-34/h2*9-11,14-19,22-24,34-35H,7-8,12-13,20-21H2,1-6H3/b2*25-16+,26-17+/t34?,35-,40+;34?,35-,40-/m11/s1. The third-order valence-electron chi connectivity index (χ3n) is 19.2. The van der Waals surface area contributed by atoms with Gasteiger partial charge in [-0.05, 0) is 219 Å². The molecule has 2 unspecified atom stereocenters. The summed E-state index contributed by atoms with van der Waals surface area (Å²) in [6, 6.07) is 24.8.